The maximum atomic E-state index is 11.8. The molecule has 0 aromatic carbocycles. The van der Waals surface area contributed by atoms with E-state index in [1.807, 2.05) is 6.92 Å². The SMILES string of the molecule is CCCc1nnsc1C(=O)NCC(C)(C)O. The van der Waals surface area contributed by atoms with Crippen molar-refractivity contribution in [2.24, 2.45) is 0 Å². The van der Waals surface area contributed by atoms with Crippen molar-refractivity contribution >= 4 is 17.4 Å². The quantitative estimate of drug-likeness (QED) is 0.808. The van der Waals surface area contributed by atoms with E-state index in [1.54, 1.807) is 13.8 Å². The van der Waals surface area contributed by atoms with E-state index in [4.69, 9.17) is 0 Å². The fourth-order valence-corrected chi connectivity index (χ4v) is 1.78. The molecular weight excluding hydrogens is 226 g/mol. The molecule has 1 aromatic heterocycles. The van der Waals surface area contributed by atoms with Crippen molar-refractivity contribution in [3.05, 3.63) is 10.6 Å². The fourth-order valence-electron chi connectivity index (χ4n) is 1.16. The summed E-state index contributed by atoms with van der Waals surface area (Å²) in [5.74, 6) is -0.208. The van der Waals surface area contributed by atoms with Crippen LogP contribution in [0.4, 0.5) is 0 Å². The molecule has 1 aromatic rings. The molecule has 6 heteroatoms. The van der Waals surface area contributed by atoms with Crippen LogP contribution in [-0.2, 0) is 6.42 Å². The third kappa shape index (κ3) is 3.86. The van der Waals surface area contributed by atoms with E-state index in [0.29, 0.717) is 4.88 Å². The summed E-state index contributed by atoms with van der Waals surface area (Å²) in [6.07, 6.45) is 1.68. The molecule has 0 bridgehead atoms. The van der Waals surface area contributed by atoms with E-state index in [9.17, 15) is 9.90 Å². The number of nitrogens with one attached hydrogen (secondary N) is 1. The number of nitrogens with zero attached hydrogens (tertiary/aromatic N) is 2. The first-order chi connectivity index (χ1) is 7.44. The summed E-state index contributed by atoms with van der Waals surface area (Å²) < 4.78 is 3.77. The van der Waals surface area contributed by atoms with Gasteiger partial charge in [-0.15, -0.1) is 5.10 Å². The van der Waals surface area contributed by atoms with Crippen LogP contribution >= 0.6 is 11.5 Å². The standard InChI is InChI=1S/C10H17N3O2S/c1-4-5-7-8(16-13-12-7)9(14)11-6-10(2,3)15/h15H,4-6H2,1-3H3,(H,11,14). The highest BCUT2D eigenvalue weighted by molar-refractivity contribution is 7.08. The van der Waals surface area contributed by atoms with Gasteiger partial charge in [-0.2, -0.15) is 0 Å². The number of amides is 1. The number of carbonyl (C=O) groups is 1. The zero-order valence-electron chi connectivity index (χ0n) is 9.78. The van der Waals surface area contributed by atoms with Crippen LogP contribution in [-0.4, -0.2) is 32.7 Å². The van der Waals surface area contributed by atoms with Crippen molar-refractivity contribution in [3.63, 3.8) is 0 Å². The largest absolute Gasteiger partial charge is 0.389 e. The van der Waals surface area contributed by atoms with E-state index in [1.165, 1.54) is 0 Å². The van der Waals surface area contributed by atoms with Crippen molar-refractivity contribution in [2.75, 3.05) is 6.54 Å². The van der Waals surface area contributed by atoms with Gasteiger partial charge in [0.1, 0.15) is 4.88 Å². The summed E-state index contributed by atoms with van der Waals surface area (Å²) in [4.78, 5) is 12.3. The van der Waals surface area contributed by atoms with E-state index >= 15 is 0 Å². The molecule has 1 amide bonds. The lowest BCUT2D eigenvalue weighted by Gasteiger charge is -2.17. The molecule has 1 heterocycles. The minimum Gasteiger partial charge on any atom is -0.389 e. The second kappa shape index (κ2) is 5.36. The second-order valence-corrected chi connectivity index (χ2v) is 5.05. The maximum Gasteiger partial charge on any atom is 0.265 e. The maximum absolute atomic E-state index is 11.8. The molecule has 0 radical (unpaired) electrons. The van der Waals surface area contributed by atoms with Gasteiger partial charge in [0.15, 0.2) is 0 Å². The highest BCUT2D eigenvalue weighted by Crippen LogP contribution is 2.12. The van der Waals surface area contributed by atoms with Crippen molar-refractivity contribution in [2.45, 2.75) is 39.2 Å². The average molecular weight is 243 g/mol. The Hall–Kier alpha value is -1.01. The molecule has 0 aliphatic heterocycles. The summed E-state index contributed by atoms with van der Waals surface area (Å²) in [7, 11) is 0. The number of carbonyl (C=O) groups excluding carboxylic acids is 1. The molecule has 0 aliphatic rings. The first-order valence-electron chi connectivity index (χ1n) is 5.26. The molecular formula is C10H17N3O2S. The Morgan fingerprint density at radius 3 is 2.81 bits per heavy atom. The molecule has 0 atom stereocenters. The van der Waals surface area contributed by atoms with Crippen LogP contribution in [0.25, 0.3) is 0 Å². The predicted molar refractivity (Wildman–Crippen MR) is 62.5 cm³/mol. The van der Waals surface area contributed by atoms with E-state index in [2.05, 4.69) is 14.9 Å². The van der Waals surface area contributed by atoms with Crippen LogP contribution in [0.5, 0.6) is 0 Å². The number of hydrogen-bond acceptors (Lipinski definition) is 5. The van der Waals surface area contributed by atoms with E-state index < -0.39 is 5.60 Å². The van der Waals surface area contributed by atoms with Gasteiger partial charge in [0, 0.05) is 6.54 Å². The first kappa shape index (κ1) is 13.1. The van der Waals surface area contributed by atoms with Crippen LogP contribution in [0.15, 0.2) is 0 Å². The minimum atomic E-state index is -0.904. The zero-order valence-corrected chi connectivity index (χ0v) is 10.6. The van der Waals surface area contributed by atoms with Crippen molar-refractivity contribution < 1.29 is 9.90 Å². The Labute approximate surface area is 99.0 Å². The summed E-state index contributed by atoms with van der Waals surface area (Å²) in [6, 6.07) is 0. The van der Waals surface area contributed by atoms with Crippen LogP contribution in [0, 0.1) is 0 Å². The Morgan fingerprint density at radius 1 is 1.56 bits per heavy atom. The molecule has 16 heavy (non-hydrogen) atoms. The van der Waals surface area contributed by atoms with Gasteiger partial charge in [0.05, 0.1) is 11.3 Å². The van der Waals surface area contributed by atoms with Crippen LogP contribution in [0.1, 0.15) is 42.6 Å². The van der Waals surface area contributed by atoms with Crippen LogP contribution in [0.2, 0.25) is 0 Å². The van der Waals surface area contributed by atoms with Crippen molar-refractivity contribution in [3.8, 4) is 0 Å². The Kier molecular flexibility index (Phi) is 4.37. The zero-order chi connectivity index (χ0) is 12.2. The monoisotopic (exact) mass is 243 g/mol. The summed E-state index contributed by atoms with van der Waals surface area (Å²) in [6.45, 7) is 5.53. The number of hydrogen-bond donors (Lipinski definition) is 2. The molecule has 5 nitrogen and oxygen atoms in total. The molecule has 0 aliphatic carbocycles. The number of aliphatic hydroxyl groups is 1. The van der Waals surface area contributed by atoms with E-state index in [0.717, 1.165) is 30.1 Å². The first-order valence-corrected chi connectivity index (χ1v) is 6.03. The smallest absolute Gasteiger partial charge is 0.265 e. The summed E-state index contributed by atoms with van der Waals surface area (Å²) in [5.41, 5.74) is -0.167. The molecule has 0 fully saturated rings. The molecule has 0 saturated carbocycles. The van der Waals surface area contributed by atoms with Gasteiger partial charge < -0.3 is 10.4 Å². The van der Waals surface area contributed by atoms with Gasteiger partial charge in [-0.3, -0.25) is 4.79 Å². The Bertz CT molecular complexity index is 357. The molecule has 0 saturated heterocycles. The Balaban J connectivity index is 2.62. The highest BCUT2D eigenvalue weighted by Gasteiger charge is 2.18. The van der Waals surface area contributed by atoms with Crippen LogP contribution < -0.4 is 5.32 Å². The van der Waals surface area contributed by atoms with Gasteiger partial charge in [0.25, 0.3) is 5.91 Å². The lowest BCUT2D eigenvalue weighted by molar-refractivity contribution is 0.0695. The molecule has 0 spiro atoms. The third-order valence-electron chi connectivity index (χ3n) is 1.93. The molecule has 90 valence electrons. The normalized spacial score (nSPS) is 11.5. The van der Waals surface area contributed by atoms with Gasteiger partial charge in [-0.25, -0.2) is 0 Å². The number of aromatic nitrogens is 2. The van der Waals surface area contributed by atoms with Crippen molar-refractivity contribution in [1.82, 2.24) is 14.9 Å². The average Bonchev–Trinajstić information content (AvgIpc) is 2.62. The lowest BCUT2D eigenvalue weighted by Crippen LogP contribution is -2.38. The summed E-state index contributed by atoms with van der Waals surface area (Å²) >= 11 is 1.09. The van der Waals surface area contributed by atoms with Crippen molar-refractivity contribution in [1.29, 1.82) is 0 Å². The fraction of sp³-hybridized carbons (Fsp3) is 0.700. The van der Waals surface area contributed by atoms with E-state index in [-0.39, 0.29) is 12.5 Å². The molecule has 1 rings (SSSR count). The third-order valence-corrected chi connectivity index (χ3v) is 2.70. The Morgan fingerprint density at radius 2 is 2.25 bits per heavy atom. The topological polar surface area (TPSA) is 75.1 Å². The molecule has 0 unspecified atom stereocenters. The number of aryl methyl sites for hydroxylation is 1. The van der Waals surface area contributed by atoms with Gasteiger partial charge >= 0.3 is 0 Å². The number of rotatable bonds is 5. The lowest BCUT2D eigenvalue weighted by atomic mass is 10.1. The van der Waals surface area contributed by atoms with Gasteiger partial charge in [0.2, 0.25) is 0 Å². The highest BCUT2D eigenvalue weighted by atomic mass is 32.1. The minimum absolute atomic E-state index is 0.208. The van der Waals surface area contributed by atoms with Crippen LogP contribution in [0.3, 0.4) is 0 Å². The predicted octanol–water partition coefficient (Wildman–Crippen LogP) is 0.991. The summed E-state index contributed by atoms with van der Waals surface area (Å²) in [5, 5.41) is 16.1. The molecule has 2 N–H and O–H groups in total. The van der Waals surface area contributed by atoms with Gasteiger partial charge in [-0.05, 0) is 31.8 Å². The second-order valence-electron chi connectivity index (χ2n) is 4.29. The van der Waals surface area contributed by atoms with Gasteiger partial charge in [-0.1, -0.05) is 17.8 Å².